The molecule has 0 bridgehead atoms. The molecular formula is C23H18F5NO3. The van der Waals surface area contributed by atoms with Gasteiger partial charge in [0.05, 0.1) is 6.61 Å². The molecule has 0 aliphatic heterocycles. The van der Waals surface area contributed by atoms with Gasteiger partial charge in [0.2, 0.25) is 0 Å². The zero-order chi connectivity index (χ0) is 23.4. The number of anilines is 2. The molecule has 0 fully saturated rings. The van der Waals surface area contributed by atoms with Crippen LogP contribution >= 0.6 is 0 Å². The Morgan fingerprint density at radius 2 is 1.56 bits per heavy atom. The summed E-state index contributed by atoms with van der Waals surface area (Å²) in [5.74, 6) is -6.55. The minimum absolute atomic E-state index is 0.0856. The highest BCUT2D eigenvalue weighted by Gasteiger charge is 2.26. The third kappa shape index (κ3) is 4.66. The second-order valence-corrected chi connectivity index (χ2v) is 6.63. The molecule has 0 aliphatic rings. The van der Waals surface area contributed by atoms with Crippen LogP contribution in [0.4, 0.5) is 33.3 Å². The van der Waals surface area contributed by atoms with Crippen LogP contribution in [-0.4, -0.2) is 26.2 Å². The maximum absolute atomic E-state index is 15.2. The molecular weight excluding hydrogens is 433 g/mol. The molecule has 0 spiro atoms. The minimum atomic E-state index is -1.27. The largest absolute Gasteiger partial charge is 0.479 e. The van der Waals surface area contributed by atoms with Crippen molar-refractivity contribution in [1.82, 2.24) is 0 Å². The number of nitrogens with zero attached hydrogens (tertiary/aromatic N) is 1. The van der Waals surface area contributed by atoms with Crippen LogP contribution in [0.5, 0.6) is 5.75 Å². The van der Waals surface area contributed by atoms with E-state index in [2.05, 4.69) is 4.74 Å². The van der Waals surface area contributed by atoms with Crippen molar-refractivity contribution in [2.45, 2.75) is 6.92 Å². The normalized spacial score (nSPS) is 10.7. The van der Waals surface area contributed by atoms with E-state index in [1.54, 1.807) is 6.92 Å². The summed E-state index contributed by atoms with van der Waals surface area (Å²) in [5.41, 5.74) is -1.61. The lowest BCUT2D eigenvalue weighted by Gasteiger charge is -2.24. The Morgan fingerprint density at radius 1 is 0.906 bits per heavy atom. The summed E-state index contributed by atoms with van der Waals surface area (Å²) in [6, 6.07) is 8.75. The molecule has 3 aromatic rings. The zero-order valence-corrected chi connectivity index (χ0v) is 17.1. The van der Waals surface area contributed by atoms with E-state index in [0.29, 0.717) is 4.90 Å². The van der Waals surface area contributed by atoms with E-state index < -0.39 is 58.8 Å². The van der Waals surface area contributed by atoms with Gasteiger partial charge < -0.3 is 14.4 Å². The van der Waals surface area contributed by atoms with E-state index in [9.17, 15) is 22.4 Å². The second kappa shape index (κ2) is 9.67. The average molecular weight is 451 g/mol. The van der Waals surface area contributed by atoms with Crippen LogP contribution in [-0.2, 0) is 9.53 Å². The standard InChI is InChI=1S/C23H18F5NO3/c1-3-31-19(30)12-32-18-10-9-17(26)23(21(18)28)29(2)22-16(25)8-7-15(20(22)27)13-5-4-6-14(24)11-13/h4-11H,3,12H2,1-2H3. The highest BCUT2D eigenvalue weighted by Crippen LogP contribution is 2.39. The maximum atomic E-state index is 15.2. The first-order valence-corrected chi connectivity index (χ1v) is 9.48. The Balaban J connectivity index is 2.04. The van der Waals surface area contributed by atoms with Gasteiger partial charge in [-0.2, -0.15) is 0 Å². The number of halogens is 5. The van der Waals surface area contributed by atoms with Gasteiger partial charge in [-0.3, -0.25) is 0 Å². The molecule has 0 heterocycles. The number of carbonyl (C=O) groups excluding carboxylic acids is 1. The van der Waals surface area contributed by atoms with Gasteiger partial charge in [-0.15, -0.1) is 0 Å². The van der Waals surface area contributed by atoms with Gasteiger partial charge in [-0.25, -0.2) is 26.7 Å². The van der Waals surface area contributed by atoms with E-state index >= 15 is 4.39 Å². The summed E-state index contributed by atoms with van der Waals surface area (Å²) in [6.07, 6.45) is 0. The lowest BCUT2D eigenvalue weighted by atomic mass is 10.0. The smallest absolute Gasteiger partial charge is 0.344 e. The molecule has 168 valence electrons. The quantitative estimate of drug-likeness (QED) is 0.338. The number of ether oxygens (including phenoxy) is 2. The molecule has 0 aromatic heterocycles. The fourth-order valence-corrected chi connectivity index (χ4v) is 3.12. The van der Waals surface area contributed by atoms with Gasteiger partial charge in [0.1, 0.15) is 28.8 Å². The van der Waals surface area contributed by atoms with Gasteiger partial charge in [0.15, 0.2) is 24.0 Å². The van der Waals surface area contributed by atoms with Crippen molar-refractivity contribution in [3.8, 4) is 16.9 Å². The number of carbonyl (C=O) groups is 1. The maximum Gasteiger partial charge on any atom is 0.344 e. The summed E-state index contributed by atoms with van der Waals surface area (Å²) in [7, 11) is 1.06. The zero-order valence-electron chi connectivity index (χ0n) is 17.1. The second-order valence-electron chi connectivity index (χ2n) is 6.63. The molecule has 0 amide bonds. The van der Waals surface area contributed by atoms with Gasteiger partial charge in [-0.1, -0.05) is 12.1 Å². The van der Waals surface area contributed by atoms with Crippen molar-refractivity contribution >= 4 is 17.3 Å². The van der Waals surface area contributed by atoms with Crippen molar-refractivity contribution in [3.63, 3.8) is 0 Å². The first kappa shape index (κ1) is 23.1. The van der Waals surface area contributed by atoms with Crippen LogP contribution < -0.4 is 9.64 Å². The minimum Gasteiger partial charge on any atom is -0.479 e. The van der Waals surface area contributed by atoms with Gasteiger partial charge >= 0.3 is 5.97 Å². The molecule has 0 aliphatic carbocycles. The van der Waals surface area contributed by atoms with Crippen molar-refractivity contribution in [1.29, 1.82) is 0 Å². The highest BCUT2D eigenvalue weighted by atomic mass is 19.1. The average Bonchev–Trinajstić information content (AvgIpc) is 2.73. The van der Waals surface area contributed by atoms with Crippen molar-refractivity contribution in [3.05, 3.63) is 77.6 Å². The first-order valence-electron chi connectivity index (χ1n) is 9.48. The molecule has 0 unspecified atom stereocenters. The van der Waals surface area contributed by atoms with Crippen LogP contribution in [0.3, 0.4) is 0 Å². The van der Waals surface area contributed by atoms with Crippen LogP contribution in [0.1, 0.15) is 6.92 Å². The predicted octanol–water partition coefficient (Wildman–Crippen LogP) is 5.76. The van der Waals surface area contributed by atoms with E-state index in [4.69, 9.17) is 4.74 Å². The van der Waals surface area contributed by atoms with Crippen molar-refractivity contribution < 1.29 is 36.2 Å². The molecule has 0 saturated heterocycles. The Kier molecular flexibility index (Phi) is 6.97. The SMILES string of the molecule is CCOC(=O)COc1ccc(F)c(N(C)c2c(F)ccc(-c3cccc(F)c3)c2F)c1F. The fraction of sp³-hybridized carbons (Fsp3) is 0.174. The van der Waals surface area contributed by atoms with E-state index in [1.165, 1.54) is 12.1 Å². The molecule has 0 radical (unpaired) electrons. The number of esters is 1. The number of hydrogen-bond donors (Lipinski definition) is 0. The van der Waals surface area contributed by atoms with E-state index in [0.717, 1.165) is 43.4 Å². The predicted molar refractivity (Wildman–Crippen MR) is 108 cm³/mol. The Morgan fingerprint density at radius 3 is 2.22 bits per heavy atom. The number of hydrogen-bond acceptors (Lipinski definition) is 4. The molecule has 4 nitrogen and oxygen atoms in total. The van der Waals surface area contributed by atoms with Gasteiger partial charge in [0.25, 0.3) is 0 Å². The fourth-order valence-electron chi connectivity index (χ4n) is 3.12. The van der Waals surface area contributed by atoms with Crippen LogP contribution in [0.25, 0.3) is 11.1 Å². The van der Waals surface area contributed by atoms with Gasteiger partial charge in [0, 0.05) is 12.6 Å². The molecule has 9 heteroatoms. The first-order chi connectivity index (χ1) is 15.2. The monoisotopic (exact) mass is 451 g/mol. The van der Waals surface area contributed by atoms with Crippen molar-refractivity contribution in [2.24, 2.45) is 0 Å². The summed E-state index contributed by atoms with van der Waals surface area (Å²) in [5, 5.41) is 0. The molecule has 0 atom stereocenters. The van der Waals surface area contributed by atoms with Crippen LogP contribution in [0, 0.1) is 29.1 Å². The van der Waals surface area contributed by atoms with E-state index in [1.807, 2.05) is 0 Å². The van der Waals surface area contributed by atoms with Crippen molar-refractivity contribution in [2.75, 3.05) is 25.2 Å². The van der Waals surface area contributed by atoms with Gasteiger partial charge in [-0.05, 0) is 48.9 Å². The molecule has 3 rings (SSSR count). The summed E-state index contributed by atoms with van der Waals surface area (Å²) >= 11 is 0. The highest BCUT2D eigenvalue weighted by molar-refractivity contribution is 5.75. The summed E-state index contributed by atoms with van der Waals surface area (Å²) < 4.78 is 82.6. The third-order valence-electron chi connectivity index (χ3n) is 4.56. The Labute approximate surface area is 180 Å². The summed E-state index contributed by atoms with van der Waals surface area (Å²) in [6.45, 7) is 1.02. The van der Waals surface area contributed by atoms with Crippen LogP contribution in [0.15, 0.2) is 48.5 Å². The topological polar surface area (TPSA) is 38.8 Å². The molecule has 0 saturated carbocycles. The molecule has 0 N–H and O–H groups in total. The molecule has 3 aromatic carbocycles. The van der Waals surface area contributed by atoms with Crippen LogP contribution in [0.2, 0.25) is 0 Å². The lowest BCUT2D eigenvalue weighted by molar-refractivity contribution is -0.145. The molecule has 32 heavy (non-hydrogen) atoms. The third-order valence-corrected chi connectivity index (χ3v) is 4.56. The number of benzene rings is 3. The number of rotatable bonds is 7. The Bertz CT molecular complexity index is 1150. The Hall–Kier alpha value is -3.62. The van der Waals surface area contributed by atoms with E-state index in [-0.39, 0.29) is 17.7 Å². The lowest BCUT2D eigenvalue weighted by Crippen LogP contribution is -2.19. The summed E-state index contributed by atoms with van der Waals surface area (Å²) in [4.78, 5) is 12.1.